The van der Waals surface area contributed by atoms with Gasteiger partial charge >= 0.3 is 11.9 Å². The van der Waals surface area contributed by atoms with Crippen molar-refractivity contribution in [3.05, 3.63) is 83.4 Å². The lowest BCUT2D eigenvalue weighted by Crippen LogP contribution is -2.45. The van der Waals surface area contributed by atoms with Gasteiger partial charge in [0.15, 0.2) is 11.5 Å². The van der Waals surface area contributed by atoms with Crippen molar-refractivity contribution in [2.24, 2.45) is 0 Å². The van der Waals surface area contributed by atoms with Gasteiger partial charge in [-0.25, -0.2) is 4.79 Å². The first-order valence-electron chi connectivity index (χ1n) is 17.7. The molecular weight excluding hydrogens is 650 g/mol. The fraction of sp³-hybridized carbons (Fsp3) is 0.463. The Morgan fingerprint density at radius 3 is 1.49 bits per heavy atom. The molecule has 2 aliphatic carbocycles. The molecular formula is C41H51NO9. The van der Waals surface area contributed by atoms with E-state index in [1.54, 1.807) is 53.8 Å². The van der Waals surface area contributed by atoms with Crippen LogP contribution in [0.5, 0.6) is 28.7 Å². The van der Waals surface area contributed by atoms with Crippen molar-refractivity contribution in [2.45, 2.75) is 81.6 Å². The van der Waals surface area contributed by atoms with Gasteiger partial charge in [0.1, 0.15) is 29.6 Å². The van der Waals surface area contributed by atoms with Crippen LogP contribution in [0.2, 0.25) is 0 Å². The minimum Gasteiger partial charge on any atom is -0.497 e. The number of ether oxygens (including phenoxy) is 7. The zero-order valence-corrected chi connectivity index (χ0v) is 30.6. The SMILES string of the molecule is COc1ccc(C(C(=O)OC2CCC(N(C)C3CCC(OC(=O)/C=C/c4cc(OC)c(OC)c(OC)c4)CC3)CC2)c2ccc(OC)cc2)cc1. The van der Waals surface area contributed by atoms with E-state index in [2.05, 4.69) is 11.9 Å². The van der Waals surface area contributed by atoms with Crippen LogP contribution in [0.3, 0.4) is 0 Å². The van der Waals surface area contributed by atoms with E-state index >= 15 is 0 Å². The van der Waals surface area contributed by atoms with Crippen molar-refractivity contribution >= 4 is 18.0 Å². The highest BCUT2D eigenvalue weighted by Crippen LogP contribution is 2.39. The Kier molecular flexibility index (Phi) is 13.2. The molecule has 10 heteroatoms. The molecule has 0 aliphatic heterocycles. The van der Waals surface area contributed by atoms with E-state index in [0.717, 1.165) is 79.6 Å². The van der Waals surface area contributed by atoms with Gasteiger partial charge in [-0.2, -0.15) is 0 Å². The molecule has 0 amide bonds. The number of hydrogen-bond donors (Lipinski definition) is 0. The summed E-state index contributed by atoms with van der Waals surface area (Å²) in [6.07, 6.45) is 10.1. The third-order valence-corrected chi connectivity index (χ3v) is 10.2. The van der Waals surface area contributed by atoms with Gasteiger partial charge in [-0.3, -0.25) is 4.79 Å². The zero-order valence-electron chi connectivity index (χ0n) is 30.6. The average molecular weight is 702 g/mol. The summed E-state index contributed by atoms with van der Waals surface area (Å²) >= 11 is 0. The second kappa shape index (κ2) is 18.0. The van der Waals surface area contributed by atoms with E-state index < -0.39 is 5.92 Å². The van der Waals surface area contributed by atoms with E-state index in [9.17, 15) is 9.59 Å². The van der Waals surface area contributed by atoms with E-state index in [0.29, 0.717) is 29.3 Å². The Hall–Kier alpha value is -4.70. The van der Waals surface area contributed by atoms with Crippen molar-refractivity contribution in [2.75, 3.05) is 42.6 Å². The molecule has 2 saturated carbocycles. The van der Waals surface area contributed by atoms with Gasteiger partial charge in [-0.1, -0.05) is 24.3 Å². The van der Waals surface area contributed by atoms with Gasteiger partial charge in [0.25, 0.3) is 0 Å². The molecule has 0 bridgehead atoms. The number of carbonyl (C=O) groups is 2. The average Bonchev–Trinajstić information content (AvgIpc) is 3.17. The Bertz CT molecular complexity index is 1530. The van der Waals surface area contributed by atoms with Gasteiger partial charge in [0.2, 0.25) is 5.75 Å². The molecule has 0 saturated heterocycles. The van der Waals surface area contributed by atoms with E-state index in [4.69, 9.17) is 33.2 Å². The summed E-state index contributed by atoms with van der Waals surface area (Å²) < 4.78 is 38.9. The Morgan fingerprint density at radius 1 is 0.627 bits per heavy atom. The highest BCUT2D eigenvalue weighted by molar-refractivity contribution is 5.87. The van der Waals surface area contributed by atoms with Gasteiger partial charge in [0.05, 0.1) is 35.5 Å². The molecule has 0 unspecified atom stereocenters. The standard InChI is InChI=1S/C41H51NO9/c1-42(30-12-20-34(21-13-30)50-38(43)24-7-27-25-36(47-4)40(49-6)37(26-27)48-5)31-14-22-35(23-15-31)51-41(44)39(28-8-16-32(45-2)17-9-28)29-10-18-33(46-3)19-11-29/h7-11,16-19,24-26,30-31,34-35,39H,12-15,20-23H2,1-6H3/b24-7+. The maximum atomic E-state index is 13.7. The maximum absolute atomic E-state index is 13.7. The molecule has 10 nitrogen and oxygen atoms in total. The van der Waals surface area contributed by atoms with Crippen LogP contribution in [0.1, 0.15) is 74.0 Å². The topological polar surface area (TPSA) is 102 Å². The minimum absolute atomic E-state index is 0.105. The lowest BCUT2D eigenvalue weighted by Gasteiger charge is -2.41. The Balaban J connectivity index is 1.09. The molecule has 2 aliphatic rings. The number of hydrogen-bond acceptors (Lipinski definition) is 10. The number of methoxy groups -OCH3 is 5. The first kappa shape index (κ1) is 37.6. The van der Waals surface area contributed by atoms with Crippen molar-refractivity contribution in [1.82, 2.24) is 4.90 Å². The first-order chi connectivity index (χ1) is 24.8. The number of carbonyl (C=O) groups excluding carboxylic acids is 2. The fourth-order valence-corrected chi connectivity index (χ4v) is 7.29. The van der Waals surface area contributed by atoms with Gasteiger partial charge in [-0.05, 0) is 118 Å². The van der Waals surface area contributed by atoms with Crippen molar-refractivity contribution < 1.29 is 42.7 Å². The van der Waals surface area contributed by atoms with Crippen LogP contribution in [0.15, 0.2) is 66.7 Å². The lowest BCUT2D eigenvalue weighted by atomic mass is 9.87. The molecule has 0 atom stereocenters. The third-order valence-electron chi connectivity index (χ3n) is 10.2. The second-order valence-corrected chi connectivity index (χ2v) is 13.2. The van der Waals surface area contributed by atoms with E-state index in [1.807, 2.05) is 48.5 Å². The first-order valence-corrected chi connectivity index (χ1v) is 17.7. The van der Waals surface area contributed by atoms with Crippen LogP contribution in [-0.2, 0) is 19.1 Å². The summed E-state index contributed by atoms with van der Waals surface area (Å²) in [5.41, 5.74) is 2.45. The molecule has 5 rings (SSSR count). The normalized spacial score (nSPS) is 20.5. The van der Waals surface area contributed by atoms with Crippen LogP contribution in [0, 0.1) is 0 Å². The summed E-state index contributed by atoms with van der Waals surface area (Å²) in [6.45, 7) is 0. The molecule has 0 heterocycles. The quantitative estimate of drug-likeness (QED) is 0.127. The number of benzene rings is 3. The highest BCUT2D eigenvalue weighted by atomic mass is 16.6. The lowest BCUT2D eigenvalue weighted by molar-refractivity contribution is -0.152. The summed E-state index contributed by atoms with van der Waals surface area (Å²) in [6, 6.07) is 19.6. The van der Waals surface area contributed by atoms with Gasteiger partial charge in [-0.15, -0.1) is 0 Å². The number of rotatable bonds is 14. The van der Waals surface area contributed by atoms with Crippen molar-refractivity contribution in [3.63, 3.8) is 0 Å². The van der Waals surface area contributed by atoms with Gasteiger partial charge in [0, 0.05) is 18.2 Å². The summed E-state index contributed by atoms with van der Waals surface area (Å²) in [7, 11) is 10.1. The molecule has 2 fully saturated rings. The fourth-order valence-electron chi connectivity index (χ4n) is 7.29. The molecule has 0 radical (unpaired) electrons. The predicted octanol–water partition coefficient (Wildman–Crippen LogP) is 7.22. The predicted molar refractivity (Wildman–Crippen MR) is 195 cm³/mol. The summed E-state index contributed by atoms with van der Waals surface area (Å²) in [5, 5.41) is 0. The summed E-state index contributed by atoms with van der Waals surface area (Å²) in [5.74, 6) is 1.85. The van der Waals surface area contributed by atoms with Crippen LogP contribution in [0.4, 0.5) is 0 Å². The number of nitrogens with zero attached hydrogens (tertiary/aromatic N) is 1. The third kappa shape index (κ3) is 9.55. The molecule has 3 aromatic rings. The minimum atomic E-state index is -0.545. The molecule has 0 spiro atoms. The molecule has 0 aromatic heterocycles. The molecule has 0 N–H and O–H groups in total. The zero-order chi connectivity index (χ0) is 36.3. The molecule has 51 heavy (non-hydrogen) atoms. The Morgan fingerprint density at radius 2 is 1.08 bits per heavy atom. The summed E-state index contributed by atoms with van der Waals surface area (Å²) in [4.78, 5) is 28.9. The number of esters is 2. The molecule has 3 aromatic carbocycles. The van der Waals surface area contributed by atoms with Crippen molar-refractivity contribution in [3.8, 4) is 28.7 Å². The van der Waals surface area contributed by atoms with E-state index in [-0.39, 0.29) is 24.1 Å². The van der Waals surface area contributed by atoms with Crippen LogP contribution >= 0.6 is 0 Å². The van der Waals surface area contributed by atoms with Gasteiger partial charge < -0.3 is 38.1 Å². The smallest absolute Gasteiger partial charge is 0.331 e. The van der Waals surface area contributed by atoms with Crippen LogP contribution in [-0.4, -0.2) is 83.7 Å². The maximum Gasteiger partial charge on any atom is 0.331 e. The van der Waals surface area contributed by atoms with Crippen LogP contribution < -0.4 is 23.7 Å². The monoisotopic (exact) mass is 701 g/mol. The second-order valence-electron chi connectivity index (χ2n) is 13.2. The largest absolute Gasteiger partial charge is 0.497 e. The highest BCUT2D eigenvalue weighted by Gasteiger charge is 2.34. The Labute approximate surface area is 301 Å². The van der Waals surface area contributed by atoms with Crippen molar-refractivity contribution in [1.29, 1.82) is 0 Å². The molecule has 274 valence electrons. The van der Waals surface area contributed by atoms with Crippen LogP contribution in [0.25, 0.3) is 6.08 Å². The van der Waals surface area contributed by atoms with E-state index in [1.165, 1.54) is 6.08 Å².